The van der Waals surface area contributed by atoms with Crippen LogP contribution < -0.4 is 0 Å². The number of esters is 1. The molecule has 1 aromatic carbocycles. The van der Waals surface area contributed by atoms with E-state index >= 15 is 0 Å². The van der Waals surface area contributed by atoms with E-state index in [2.05, 4.69) is 0 Å². The minimum absolute atomic E-state index is 0.0941. The predicted molar refractivity (Wildman–Crippen MR) is 87.5 cm³/mol. The highest BCUT2D eigenvalue weighted by molar-refractivity contribution is 5.95. The van der Waals surface area contributed by atoms with Gasteiger partial charge in [0.1, 0.15) is 6.11 Å². The molecule has 4 nitrogen and oxygen atoms in total. The Bertz CT molecular complexity index is 720. The van der Waals surface area contributed by atoms with Gasteiger partial charge in [-0.05, 0) is 85.5 Å². The fourth-order valence-electron chi connectivity index (χ4n) is 5.84. The number of carboxylic acids is 1. The van der Waals surface area contributed by atoms with E-state index in [1.165, 1.54) is 25.3 Å². The van der Waals surface area contributed by atoms with Gasteiger partial charge < -0.3 is 9.84 Å². The third kappa shape index (κ3) is 2.31. The van der Waals surface area contributed by atoms with Crippen LogP contribution in [0.1, 0.15) is 64.8 Å². The summed E-state index contributed by atoms with van der Waals surface area (Å²) < 4.78 is 4.77. The van der Waals surface area contributed by atoms with Gasteiger partial charge in [-0.2, -0.15) is 0 Å². The monoisotopic (exact) mass is 324 g/mol. The second kappa shape index (κ2) is 5.37. The zero-order valence-corrected chi connectivity index (χ0v) is 13.5. The van der Waals surface area contributed by atoms with Crippen molar-refractivity contribution < 1.29 is 19.4 Å². The lowest BCUT2D eigenvalue weighted by Gasteiger charge is -2.57. The van der Waals surface area contributed by atoms with Gasteiger partial charge >= 0.3 is 11.9 Å². The van der Waals surface area contributed by atoms with Crippen molar-refractivity contribution in [1.82, 2.24) is 0 Å². The molecule has 0 saturated heterocycles. The van der Waals surface area contributed by atoms with Crippen LogP contribution in [0.4, 0.5) is 0 Å². The summed E-state index contributed by atoms with van der Waals surface area (Å²) in [5.74, 6) is 0.557. The number of aromatic carboxylic acids is 1. The summed E-state index contributed by atoms with van der Waals surface area (Å²) in [6, 6.07) is 4.71. The average Bonchev–Trinajstić information content (AvgIpc) is 2.53. The van der Waals surface area contributed by atoms with Gasteiger partial charge in [0.25, 0.3) is 0 Å². The van der Waals surface area contributed by atoms with Crippen LogP contribution in [0.2, 0.25) is 0 Å². The lowest BCUT2D eigenvalue weighted by Crippen LogP contribution is -2.49. The maximum atomic E-state index is 12.3. The number of ether oxygens (including phenoxy) is 1. The van der Waals surface area contributed by atoms with Crippen LogP contribution in [-0.4, -0.2) is 17.0 Å². The number of carbonyl (C=O) groups is 2. The molecule has 4 heteroatoms. The van der Waals surface area contributed by atoms with Crippen LogP contribution in [0.25, 0.3) is 0 Å². The van der Waals surface area contributed by atoms with Crippen molar-refractivity contribution in [1.29, 1.82) is 0 Å². The molecule has 124 valence electrons. The molecule has 0 spiro atoms. The third-order valence-corrected chi connectivity index (χ3v) is 6.25. The molecule has 4 fully saturated rings. The lowest BCUT2D eigenvalue weighted by molar-refractivity contribution is -0.00585. The van der Waals surface area contributed by atoms with Crippen LogP contribution >= 0.6 is 0 Å². The molecule has 4 saturated carbocycles. The van der Waals surface area contributed by atoms with Crippen molar-refractivity contribution in [2.75, 3.05) is 0 Å². The first-order chi connectivity index (χ1) is 11.5. The molecule has 4 bridgehead atoms. The highest BCUT2D eigenvalue weighted by Gasteiger charge is 2.52. The van der Waals surface area contributed by atoms with Crippen molar-refractivity contribution >= 4 is 11.9 Å². The average molecular weight is 324 g/mol. The number of terminal acetylenes is 1. The summed E-state index contributed by atoms with van der Waals surface area (Å²) in [5, 5.41) is 9.38. The highest BCUT2D eigenvalue weighted by atomic mass is 16.5. The molecule has 1 aromatic rings. The Kier molecular flexibility index (Phi) is 3.42. The molecule has 4 aliphatic rings. The van der Waals surface area contributed by atoms with E-state index in [0.29, 0.717) is 23.3 Å². The van der Waals surface area contributed by atoms with E-state index in [1.54, 1.807) is 12.1 Å². The van der Waals surface area contributed by atoms with Gasteiger partial charge in [-0.15, -0.1) is 0 Å². The smallest absolute Gasteiger partial charge is 0.352 e. The van der Waals surface area contributed by atoms with Crippen LogP contribution in [0.3, 0.4) is 0 Å². The van der Waals surface area contributed by atoms with Gasteiger partial charge in [0.2, 0.25) is 0 Å². The minimum Gasteiger partial charge on any atom is -0.478 e. The van der Waals surface area contributed by atoms with E-state index in [4.69, 9.17) is 11.2 Å². The SMILES string of the molecule is C#COC(=O)c1ccc(C(=O)O)cc1C12CC3CC(CC(C3)C1)C2. The molecule has 5 rings (SSSR count). The van der Waals surface area contributed by atoms with Gasteiger partial charge in [-0.1, -0.05) is 6.42 Å². The minimum atomic E-state index is -0.974. The summed E-state index contributed by atoms with van der Waals surface area (Å²) in [6.07, 6.45) is 14.0. The molecule has 0 aromatic heterocycles. The Morgan fingerprint density at radius 3 is 2.21 bits per heavy atom. The fourth-order valence-corrected chi connectivity index (χ4v) is 5.84. The Labute approximate surface area is 141 Å². The van der Waals surface area contributed by atoms with Crippen LogP contribution in [0, 0.1) is 30.3 Å². The van der Waals surface area contributed by atoms with Gasteiger partial charge in [0, 0.05) is 0 Å². The molecular formula is C20H20O4. The van der Waals surface area contributed by atoms with Crippen molar-refractivity contribution in [3.05, 3.63) is 34.9 Å². The topological polar surface area (TPSA) is 63.6 Å². The zero-order valence-electron chi connectivity index (χ0n) is 13.5. The Hall–Kier alpha value is -2.28. The maximum absolute atomic E-state index is 12.3. The number of carboxylic acid groups (broad SMARTS) is 1. The van der Waals surface area contributed by atoms with Crippen molar-refractivity contribution in [2.45, 2.75) is 43.9 Å². The normalized spacial score (nSPS) is 33.0. The molecule has 0 heterocycles. The van der Waals surface area contributed by atoms with E-state index < -0.39 is 11.9 Å². The van der Waals surface area contributed by atoms with E-state index in [-0.39, 0.29) is 11.0 Å². The van der Waals surface area contributed by atoms with Crippen LogP contribution in [0.5, 0.6) is 0 Å². The van der Waals surface area contributed by atoms with Crippen molar-refractivity contribution in [3.63, 3.8) is 0 Å². The van der Waals surface area contributed by atoms with E-state index in [0.717, 1.165) is 24.8 Å². The standard InChI is InChI=1S/C20H20O4/c1-2-24-19(23)16-4-3-15(18(21)22)8-17(16)20-9-12-5-13(10-20)7-14(6-12)11-20/h1,3-4,8,12-14H,5-7,9-11H2,(H,21,22). The quantitative estimate of drug-likeness (QED) is 0.681. The van der Waals surface area contributed by atoms with Crippen LogP contribution in [0.15, 0.2) is 18.2 Å². The highest BCUT2D eigenvalue weighted by Crippen LogP contribution is 2.61. The number of hydrogen-bond acceptors (Lipinski definition) is 3. The zero-order chi connectivity index (χ0) is 16.9. The first-order valence-corrected chi connectivity index (χ1v) is 8.55. The molecule has 24 heavy (non-hydrogen) atoms. The molecule has 1 N–H and O–H groups in total. The fraction of sp³-hybridized carbons (Fsp3) is 0.500. The Morgan fingerprint density at radius 2 is 1.71 bits per heavy atom. The number of rotatable bonds is 3. The first-order valence-electron chi connectivity index (χ1n) is 8.55. The van der Waals surface area contributed by atoms with Gasteiger partial charge in [0.05, 0.1) is 11.1 Å². The summed E-state index contributed by atoms with van der Waals surface area (Å²) in [4.78, 5) is 23.8. The maximum Gasteiger partial charge on any atom is 0.352 e. The number of benzene rings is 1. The summed E-state index contributed by atoms with van der Waals surface area (Å²) in [5.41, 5.74) is 1.39. The largest absolute Gasteiger partial charge is 0.478 e. The first kappa shape index (κ1) is 15.3. The van der Waals surface area contributed by atoms with Crippen molar-refractivity contribution in [2.24, 2.45) is 17.8 Å². The second-order valence-corrected chi connectivity index (χ2v) is 7.77. The second-order valence-electron chi connectivity index (χ2n) is 7.77. The number of hydrogen-bond donors (Lipinski definition) is 1. The lowest BCUT2D eigenvalue weighted by atomic mass is 9.47. The Balaban J connectivity index is 1.83. The summed E-state index contributed by atoms with van der Waals surface area (Å²) >= 11 is 0. The van der Waals surface area contributed by atoms with Crippen LogP contribution in [-0.2, 0) is 10.2 Å². The van der Waals surface area contributed by atoms with Gasteiger partial charge in [-0.25, -0.2) is 9.59 Å². The van der Waals surface area contributed by atoms with E-state index in [9.17, 15) is 14.7 Å². The van der Waals surface area contributed by atoms with Gasteiger partial charge in [-0.3, -0.25) is 0 Å². The number of carbonyl (C=O) groups excluding carboxylic acids is 1. The Morgan fingerprint density at radius 1 is 1.12 bits per heavy atom. The molecule has 0 atom stereocenters. The van der Waals surface area contributed by atoms with Crippen molar-refractivity contribution in [3.8, 4) is 12.5 Å². The molecule has 0 radical (unpaired) electrons. The summed E-state index contributed by atoms with van der Waals surface area (Å²) in [6.45, 7) is 0. The van der Waals surface area contributed by atoms with E-state index in [1.807, 2.05) is 6.11 Å². The molecule has 4 aliphatic carbocycles. The predicted octanol–water partition coefficient (Wildman–Crippen LogP) is 3.60. The molecule has 0 amide bonds. The molecular weight excluding hydrogens is 304 g/mol. The molecule has 0 aliphatic heterocycles. The molecule has 0 unspecified atom stereocenters. The van der Waals surface area contributed by atoms with Gasteiger partial charge in [0.15, 0.2) is 0 Å². The summed E-state index contributed by atoms with van der Waals surface area (Å²) in [7, 11) is 0. The third-order valence-electron chi connectivity index (χ3n) is 6.25.